The highest BCUT2D eigenvalue weighted by Crippen LogP contribution is 2.39. The van der Waals surface area contributed by atoms with Crippen LogP contribution in [0, 0.1) is 0 Å². The Morgan fingerprint density at radius 3 is 2.00 bits per heavy atom. The Labute approximate surface area is 108 Å². The summed E-state index contributed by atoms with van der Waals surface area (Å²) in [6.07, 6.45) is 0.265. The molecule has 1 unspecified atom stereocenters. The lowest BCUT2D eigenvalue weighted by Gasteiger charge is -2.15. The van der Waals surface area contributed by atoms with E-state index in [9.17, 15) is 0 Å². The molecule has 0 radical (unpaired) electrons. The van der Waals surface area contributed by atoms with Crippen LogP contribution in [0.5, 0.6) is 0 Å². The highest BCUT2D eigenvalue weighted by atomic mass is 35.6. The molecule has 0 aliphatic carbocycles. The highest BCUT2D eigenvalue weighted by Gasteiger charge is 2.25. The van der Waals surface area contributed by atoms with Crippen LogP contribution in [-0.2, 0) is 0 Å². The summed E-state index contributed by atoms with van der Waals surface area (Å²) in [7, 11) is 0. The predicted octanol–water partition coefficient (Wildman–Crippen LogP) is 5.38. The largest absolute Gasteiger partial charge is 0.192 e. The molecule has 1 aromatic rings. The molecule has 0 amide bonds. The van der Waals surface area contributed by atoms with Crippen molar-refractivity contribution in [3.63, 3.8) is 0 Å². The number of benzene rings is 1. The zero-order valence-corrected chi connectivity index (χ0v) is 10.8. The molecule has 0 fully saturated rings. The number of rotatable bonds is 2. The third kappa shape index (κ3) is 4.46. The summed E-state index contributed by atoms with van der Waals surface area (Å²) in [5, 5.41) is 0.339. The van der Waals surface area contributed by atoms with Crippen molar-refractivity contribution < 1.29 is 0 Å². The number of hydrogen-bond donors (Lipinski definition) is 0. The van der Waals surface area contributed by atoms with Gasteiger partial charge in [-0.3, -0.25) is 0 Å². The van der Waals surface area contributed by atoms with Crippen LogP contribution in [-0.4, -0.2) is 3.79 Å². The fourth-order valence-corrected chi connectivity index (χ4v) is 2.20. The number of alkyl halides is 4. The summed E-state index contributed by atoms with van der Waals surface area (Å²) in [4.78, 5) is 0. The normalized spacial score (nSPS) is 14.1. The fraction of sp³-hybridized carbons (Fsp3) is 0.333. The molecule has 0 spiro atoms. The molecular weight excluding hydrogens is 285 g/mol. The lowest BCUT2D eigenvalue weighted by atomic mass is 10.1. The van der Waals surface area contributed by atoms with Crippen LogP contribution in [0.25, 0.3) is 0 Å². The van der Waals surface area contributed by atoms with Crippen LogP contribution < -0.4 is 0 Å². The van der Waals surface area contributed by atoms with Gasteiger partial charge in [0.15, 0.2) is 3.79 Å². The Balaban J connectivity index is 2.70. The summed E-state index contributed by atoms with van der Waals surface area (Å²) in [6.45, 7) is 0. The Kier molecular flexibility index (Phi) is 4.67. The van der Waals surface area contributed by atoms with E-state index in [0.29, 0.717) is 5.02 Å². The quantitative estimate of drug-likeness (QED) is 0.642. The molecule has 1 rings (SSSR count). The zero-order chi connectivity index (χ0) is 10.8. The first-order chi connectivity index (χ1) is 6.38. The third-order valence-electron chi connectivity index (χ3n) is 1.64. The van der Waals surface area contributed by atoms with Gasteiger partial charge < -0.3 is 0 Å². The monoisotopic (exact) mass is 290 g/mol. The van der Waals surface area contributed by atoms with E-state index in [4.69, 9.17) is 58.0 Å². The first-order valence-corrected chi connectivity index (χ1v) is 5.79. The van der Waals surface area contributed by atoms with Crippen molar-refractivity contribution in [2.75, 3.05) is 0 Å². The van der Waals surface area contributed by atoms with E-state index in [-0.39, 0.29) is 11.8 Å². The molecule has 5 heteroatoms. The van der Waals surface area contributed by atoms with Crippen LogP contribution in [0.15, 0.2) is 24.3 Å². The van der Waals surface area contributed by atoms with Gasteiger partial charge in [-0.1, -0.05) is 58.5 Å². The molecule has 0 saturated carbocycles. The summed E-state index contributed by atoms with van der Waals surface area (Å²) >= 11 is 28.7. The lowest BCUT2D eigenvalue weighted by Crippen LogP contribution is -2.06. The predicted molar refractivity (Wildman–Crippen MR) is 65.0 cm³/mol. The van der Waals surface area contributed by atoms with Gasteiger partial charge in [-0.2, -0.15) is 0 Å². The van der Waals surface area contributed by atoms with Crippen molar-refractivity contribution in [3.05, 3.63) is 34.9 Å². The summed E-state index contributed by atoms with van der Waals surface area (Å²) in [6, 6.07) is 7.14. The van der Waals surface area contributed by atoms with Gasteiger partial charge in [0.05, 0.1) is 5.38 Å². The maximum Gasteiger partial charge on any atom is 0.192 e. The van der Waals surface area contributed by atoms with E-state index in [1.165, 1.54) is 0 Å². The molecule has 0 heterocycles. The average molecular weight is 292 g/mol. The van der Waals surface area contributed by atoms with Gasteiger partial charge in [-0.05, 0) is 17.7 Å². The summed E-state index contributed by atoms with van der Waals surface area (Å²) < 4.78 is -1.33. The zero-order valence-electron chi connectivity index (χ0n) is 6.98. The molecule has 0 aromatic heterocycles. The van der Waals surface area contributed by atoms with E-state index in [1.807, 2.05) is 12.1 Å². The van der Waals surface area contributed by atoms with Crippen molar-refractivity contribution in [1.82, 2.24) is 0 Å². The van der Waals surface area contributed by atoms with Crippen molar-refractivity contribution in [1.29, 1.82) is 0 Å². The molecule has 0 aliphatic rings. The number of hydrogen-bond acceptors (Lipinski definition) is 0. The second-order valence-corrected chi connectivity index (χ2v) is 6.32. The van der Waals surface area contributed by atoms with E-state index in [1.54, 1.807) is 12.1 Å². The van der Waals surface area contributed by atoms with Crippen molar-refractivity contribution in [3.8, 4) is 0 Å². The minimum absolute atomic E-state index is 0.265. The van der Waals surface area contributed by atoms with Gasteiger partial charge in [0.2, 0.25) is 0 Å². The maximum absolute atomic E-state index is 6.05. The van der Waals surface area contributed by atoms with Gasteiger partial charge in [-0.15, -0.1) is 11.6 Å². The highest BCUT2D eigenvalue weighted by molar-refractivity contribution is 6.67. The Hall–Kier alpha value is 0.670. The summed E-state index contributed by atoms with van der Waals surface area (Å²) in [5.74, 6) is 0. The van der Waals surface area contributed by atoms with E-state index in [0.717, 1.165) is 5.56 Å². The van der Waals surface area contributed by atoms with Crippen LogP contribution in [0.4, 0.5) is 0 Å². The molecule has 78 valence electrons. The van der Waals surface area contributed by atoms with Crippen molar-refractivity contribution in [2.24, 2.45) is 0 Å². The van der Waals surface area contributed by atoms with Gasteiger partial charge in [0.1, 0.15) is 0 Å². The van der Waals surface area contributed by atoms with Crippen LogP contribution in [0.1, 0.15) is 17.4 Å². The topological polar surface area (TPSA) is 0 Å². The number of halogens is 5. The maximum atomic E-state index is 6.05. The minimum Gasteiger partial charge on any atom is -0.118 e. The second kappa shape index (κ2) is 5.14. The first-order valence-electron chi connectivity index (χ1n) is 3.85. The summed E-state index contributed by atoms with van der Waals surface area (Å²) in [5.41, 5.74) is 0.891. The van der Waals surface area contributed by atoms with Crippen LogP contribution >= 0.6 is 58.0 Å². The van der Waals surface area contributed by atoms with E-state index >= 15 is 0 Å². The fourth-order valence-electron chi connectivity index (χ4n) is 0.993. The minimum atomic E-state index is -1.33. The Bertz CT molecular complexity index is 287. The van der Waals surface area contributed by atoms with Crippen molar-refractivity contribution >= 4 is 58.0 Å². The first kappa shape index (κ1) is 12.7. The van der Waals surface area contributed by atoms with Crippen molar-refractivity contribution in [2.45, 2.75) is 15.6 Å². The van der Waals surface area contributed by atoms with E-state index < -0.39 is 3.79 Å². The third-order valence-corrected chi connectivity index (χ3v) is 2.76. The van der Waals surface area contributed by atoms with E-state index in [2.05, 4.69) is 0 Å². The molecule has 0 bridgehead atoms. The van der Waals surface area contributed by atoms with Gasteiger partial charge in [-0.25, -0.2) is 0 Å². The molecule has 0 aliphatic heterocycles. The molecule has 1 aromatic carbocycles. The molecule has 0 N–H and O–H groups in total. The van der Waals surface area contributed by atoms with Gasteiger partial charge >= 0.3 is 0 Å². The smallest absolute Gasteiger partial charge is 0.118 e. The van der Waals surface area contributed by atoms with Gasteiger partial charge in [0.25, 0.3) is 0 Å². The standard InChI is InChI=1S/C9H7Cl5/c10-7-3-1-6(2-4-7)8(11)5-9(12,13)14/h1-4,8H,5H2. The average Bonchev–Trinajstić information content (AvgIpc) is 2.02. The molecule has 0 saturated heterocycles. The molecular formula is C9H7Cl5. The Morgan fingerprint density at radius 1 is 1.07 bits per heavy atom. The van der Waals surface area contributed by atoms with Gasteiger partial charge in [0, 0.05) is 11.4 Å². The lowest BCUT2D eigenvalue weighted by molar-refractivity contribution is 0.821. The van der Waals surface area contributed by atoms with Crippen LogP contribution in [0.3, 0.4) is 0 Å². The molecule has 14 heavy (non-hydrogen) atoms. The SMILES string of the molecule is Clc1ccc(C(Cl)CC(Cl)(Cl)Cl)cc1. The second-order valence-electron chi connectivity index (χ2n) is 2.84. The Morgan fingerprint density at radius 2 is 1.57 bits per heavy atom. The molecule has 0 nitrogen and oxygen atoms in total. The molecule has 1 atom stereocenters. The van der Waals surface area contributed by atoms with Crippen LogP contribution in [0.2, 0.25) is 5.02 Å².